The minimum atomic E-state index is -0.675. The molecule has 5 nitrogen and oxygen atoms in total. The first kappa shape index (κ1) is 14.8. The van der Waals surface area contributed by atoms with Gasteiger partial charge in [0.2, 0.25) is 5.91 Å². The van der Waals surface area contributed by atoms with Crippen LogP contribution in [0.2, 0.25) is 0 Å². The summed E-state index contributed by atoms with van der Waals surface area (Å²) in [5.41, 5.74) is -0.675. The number of piperazine rings is 1. The molecule has 0 radical (unpaired) electrons. The van der Waals surface area contributed by atoms with E-state index in [-0.39, 0.29) is 5.91 Å². The first-order chi connectivity index (χ1) is 9.07. The molecule has 1 aliphatic carbocycles. The van der Waals surface area contributed by atoms with E-state index in [1.807, 2.05) is 0 Å². The third-order valence-corrected chi connectivity index (χ3v) is 4.40. The van der Waals surface area contributed by atoms with E-state index in [0.29, 0.717) is 19.0 Å². The zero-order chi connectivity index (χ0) is 13.7. The minimum Gasteiger partial charge on any atom is -0.388 e. The Morgan fingerprint density at radius 1 is 1.37 bits per heavy atom. The van der Waals surface area contributed by atoms with E-state index in [1.165, 1.54) is 0 Å². The monoisotopic (exact) mass is 269 g/mol. The van der Waals surface area contributed by atoms with Gasteiger partial charge in [0.15, 0.2) is 0 Å². The molecular weight excluding hydrogens is 242 g/mol. The van der Waals surface area contributed by atoms with E-state index in [4.69, 9.17) is 0 Å². The van der Waals surface area contributed by atoms with Gasteiger partial charge >= 0.3 is 0 Å². The predicted octanol–water partition coefficient (Wildman–Crippen LogP) is -0.0510. The number of carbonyl (C=O) groups is 1. The summed E-state index contributed by atoms with van der Waals surface area (Å²) in [7, 11) is 0. The van der Waals surface area contributed by atoms with Gasteiger partial charge in [0.1, 0.15) is 0 Å². The average Bonchev–Trinajstić information content (AvgIpc) is 2.42. The lowest BCUT2D eigenvalue weighted by molar-refractivity contribution is -0.124. The molecule has 1 saturated carbocycles. The van der Waals surface area contributed by atoms with Crippen LogP contribution in [0.1, 0.15) is 32.6 Å². The number of nitrogens with zero attached hydrogens (tertiary/aromatic N) is 1. The van der Waals surface area contributed by atoms with Crippen LogP contribution in [-0.2, 0) is 4.79 Å². The van der Waals surface area contributed by atoms with Crippen LogP contribution in [0.3, 0.4) is 0 Å². The molecule has 2 fully saturated rings. The Hall–Kier alpha value is -0.650. The number of carbonyl (C=O) groups excluding carboxylic acids is 1. The summed E-state index contributed by atoms with van der Waals surface area (Å²) in [5.74, 6) is 0.741. The normalized spacial score (nSPS) is 33.1. The fourth-order valence-electron chi connectivity index (χ4n) is 2.87. The number of hydrogen-bond donors (Lipinski definition) is 3. The molecule has 3 N–H and O–H groups in total. The van der Waals surface area contributed by atoms with Crippen molar-refractivity contribution in [1.29, 1.82) is 0 Å². The first-order valence-corrected chi connectivity index (χ1v) is 7.50. The highest BCUT2D eigenvalue weighted by molar-refractivity contribution is 5.78. The summed E-state index contributed by atoms with van der Waals surface area (Å²) in [6.45, 7) is 6.84. The molecule has 1 heterocycles. The Kier molecular flexibility index (Phi) is 5.19. The van der Waals surface area contributed by atoms with E-state index in [0.717, 1.165) is 51.9 Å². The van der Waals surface area contributed by atoms with E-state index in [9.17, 15) is 9.90 Å². The molecule has 5 heteroatoms. The molecule has 0 spiro atoms. The van der Waals surface area contributed by atoms with Crippen LogP contribution in [0.4, 0.5) is 0 Å². The van der Waals surface area contributed by atoms with Crippen LogP contribution in [0.25, 0.3) is 0 Å². The quantitative estimate of drug-likeness (QED) is 0.669. The van der Waals surface area contributed by atoms with Crippen LogP contribution in [0.15, 0.2) is 0 Å². The molecule has 1 saturated heterocycles. The van der Waals surface area contributed by atoms with Crippen molar-refractivity contribution in [2.75, 3.05) is 39.3 Å². The highest BCUT2D eigenvalue weighted by atomic mass is 16.3. The second kappa shape index (κ2) is 6.68. The summed E-state index contributed by atoms with van der Waals surface area (Å²) < 4.78 is 0. The molecule has 19 heavy (non-hydrogen) atoms. The fourth-order valence-corrected chi connectivity index (χ4v) is 2.87. The van der Waals surface area contributed by atoms with Gasteiger partial charge in [0.25, 0.3) is 0 Å². The fraction of sp³-hybridized carbons (Fsp3) is 0.929. The number of amides is 1. The molecule has 2 aliphatic rings. The van der Waals surface area contributed by atoms with E-state index >= 15 is 0 Å². The average molecular weight is 269 g/mol. The lowest BCUT2D eigenvalue weighted by Gasteiger charge is -2.35. The third-order valence-electron chi connectivity index (χ3n) is 4.40. The Labute approximate surface area is 115 Å². The maximum Gasteiger partial charge on any atom is 0.234 e. The second-order valence-electron chi connectivity index (χ2n) is 6.21. The predicted molar refractivity (Wildman–Crippen MR) is 74.9 cm³/mol. The highest BCUT2D eigenvalue weighted by Gasteiger charge is 2.32. The lowest BCUT2D eigenvalue weighted by atomic mass is 9.79. The number of aliphatic hydroxyl groups is 1. The molecular formula is C14H27N3O2. The molecule has 1 aliphatic heterocycles. The zero-order valence-corrected chi connectivity index (χ0v) is 12.0. The van der Waals surface area contributed by atoms with Crippen molar-refractivity contribution in [2.24, 2.45) is 5.92 Å². The molecule has 0 aromatic heterocycles. The number of nitrogens with one attached hydrogen (secondary N) is 2. The van der Waals surface area contributed by atoms with E-state index in [2.05, 4.69) is 22.5 Å². The molecule has 110 valence electrons. The van der Waals surface area contributed by atoms with Crippen molar-refractivity contribution in [3.8, 4) is 0 Å². The van der Waals surface area contributed by atoms with Gasteiger partial charge in [-0.15, -0.1) is 0 Å². The third kappa shape index (κ3) is 4.75. The molecule has 1 amide bonds. The van der Waals surface area contributed by atoms with Crippen LogP contribution < -0.4 is 10.6 Å². The molecule has 0 bridgehead atoms. The van der Waals surface area contributed by atoms with E-state index in [1.54, 1.807) is 0 Å². The summed E-state index contributed by atoms with van der Waals surface area (Å²) in [6.07, 6.45) is 3.73. The first-order valence-electron chi connectivity index (χ1n) is 7.50. The van der Waals surface area contributed by atoms with Gasteiger partial charge in [0.05, 0.1) is 12.1 Å². The summed E-state index contributed by atoms with van der Waals surface area (Å²) in [5, 5.41) is 16.6. The van der Waals surface area contributed by atoms with Crippen molar-refractivity contribution in [3.05, 3.63) is 0 Å². The van der Waals surface area contributed by atoms with Crippen LogP contribution in [0, 0.1) is 5.92 Å². The molecule has 0 aromatic carbocycles. The zero-order valence-electron chi connectivity index (χ0n) is 12.0. The summed E-state index contributed by atoms with van der Waals surface area (Å²) in [4.78, 5) is 14.0. The minimum absolute atomic E-state index is 0.0361. The Balaban J connectivity index is 1.67. The SMILES string of the molecule is CC1CCC(O)(CNC(=O)CN2CCNCC2)CC1. The molecule has 0 atom stereocenters. The molecule has 2 rings (SSSR count). The highest BCUT2D eigenvalue weighted by Crippen LogP contribution is 2.31. The van der Waals surface area contributed by atoms with Crippen molar-refractivity contribution < 1.29 is 9.90 Å². The van der Waals surface area contributed by atoms with E-state index < -0.39 is 5.60 Å². The summed E-state index contributed by atoms with van der Waals surface area (Å²) >= 11 is 0. The van der Waals surface area contributed by atoms with Crippen molar-refractivity contribution in [3.63, 3.8) is 0 Å². The van der Waals surface area contributed by atoms with Crippen LogP contribution in [0.5, 0.6) is 0 Å². The Morgan fingerprint density at radius 2 is 2.00 bits per heavy atom. The number of hydrogen-bond acceptors (Lipinski definition) is 4. The van der Waals surface area contributed by atoms with Crippen molar-refractivity contribution >= 4 is 5.91 Å². The van der Waals surface area contributed by atoms with Gasteiger partial charge in [-0.05, 0) is 31.6 Å². The van der Waals surface area contributed by atoms with Gasteiger partial charge in [-0.1, -0.05) is 6.92 Å². The Morgan fingerprint density at radius 3 is 2.63 bits per heavy atom. The van der Waals surface area contributed by atoms with Gasteiger partial charge in [-0.2, -0.15) is 0 Å². The lowest BCUT2D eigenvalue weighted by Crippen LogP contribution is -2.50. The standard InChI is InChI=1S/C14H27N3O2/c1-12-2-4-14(19,5-3-12)11-16-13(18)10-17-8-6-15-7-9-17/h12,15,19H,2-11H2,1H3,(H,16,18). The van der Waals surface area contributed by atoms with Gasteiger partial charge in [-0.25, -0.2) is 0 Å². The maximum atomic E-state index is 11.9. The molecule has 0 aromatic rings. The van der Waals surface area contributed by atoms with Gasteiger partial charge < -0.3 is 15.7 Å². The van der Waals surface area contributed by atoms with Gasteiger partial charge in [0, 0.05) is 32.7 Å². The topological polar surface area (TPSA) is 64.6 Å². The summed E-state index contributed by atoms with van der Waals surface area (Å²) in [6, 6.07) is 0. The smallest absolute Gasteiger partial charge is 0.234 e. The van der Waals surface area contributed by atoms with Crippen molar-refractivity contribution in [2.45, 2.75) is 38.2 Å². The second-order valence-corrected chi connectivity index (χ2v) is 6.21. The van der Waals surface area contributed by atoms with Crippen LogP contribution in [-0.4, -0.2) is 60.8 Å². The van der Waals surface area contributed by atoms with Crippen LogP contribution >= 0.6 is 0 Å². The van der Waals surface area contributed by atoms with Crippen molar-refractivity contribution in [1.82, 2.24) is 15.5 Å². The number of rotatable bonds is 4. The maximum absolute atomic E-state index is 11.9. The Bertz CT molecular complexity index is 295. The molecule has 0 unspecified atom stereocenters. The largest absolute Gasteiger partial charge is 0.388 e. The van der Waals surface area contributed by atoms with Gasteiger partial charge in [-0.3, -0.25) is 9.69 Å².